The van der Waals surface area contributed by atoms with E-state index in [1.807, 2.05) is 27.1 Å². The Morgan fingerprint density at radius 1 is 1.07 bits per heavy atom. The summed E-state index contributed by atoms with van der Waals surface area (Å²) in [6.07, 6.45) is 8.80. The largest absolute Gasteiger partial charge is 0.293 e. The van der Waals surface area contributed by atoms with Gasteiger partial charge in [0.25, 0.3) is 0 Å². The number of rotatable bonds is 4. The van der Waals surface area contributed by atoms with Gasteiger partial charge in [0, 0.05) is 33.3 Å². The molecule has 1 saturated carbocycles. The van der Waals surface area contributed by atoms with Crippen LogP contribution in [0.3, 0.4) is 0 Å². The fraction of sp³-hybridized carbons (Fsp3) is 0.520. The van der Waals surface area contributed by atoms with Gasteiger partial charge < -0.3 is 0 Å². The van der Waals surface area contributed by atoms with Gasteiger partial charge in [-0.25, -0.2) is 0 Å². The summed E-state index contributed by atoms with van der Waals surface area (Å²) in [6.45, 7) is 10.5. The number of benzene rings is 1. The number of nitrogens with zero attached hydrogens (tertiary/aromatic N) is 2. The van der Waals surface area contributed by atoms with Gasteiger partial charge in [-0.1, -0.05) is 64.3 Å². The van der Waals surface area contributed by atoms with Gasteiger partial charge in [-0.2, -0.15) is 0 Å². The van der Waals surface area contributed by atoms with Gasteiger partial charge in [0.2, 0.25) is 0 Å². The van der Waals surface area contributed by atoms with Crippen molar-refractivity contribution in [3.05, 3.63) is 64.5 Å². The van der Waals surface area contributed by atoms with E-state index in [1.54, 1.807) is 0 Å². The number of hydrogen-bond donors (Lipinski definition) is 0. The standard InChI is InChI=1S/C23H30N2.C2H6.2H2/c1-16-14-15-25-23(22(16)18(3)24-4)17(2)19-10-12-21(13-11-19)20-8-6-5-7-9-20;1-2;;/h10-15,17,20H,5-9H2,1-4H3;1-2H3;2*1H. The first-order valence-corrected chi connectivity index (χ1v) is 10.6. The minimum Gasteiger partial charge on any atom is -0.293 e. The lowest BCUT2D eigenvalue weighted by Crippen LogP contribution is -2.10. The van der Waals surface area contributed by atoms with E-state index in [0.29, 0.717) is 0 Å². The lowest BCUT2D eigenvalue weighted by molar-refractivity contribution is 0.443. The molecule has 2 nitrogen and oxygen atoms in total. The van der Waals surface area contributed by atoms with E-state index in [-0.39, 0.29) is 8.77 Å². The molecule has 3 rings (SSSR count). The molecule has 1 heterocycles. The molecule has 1 aromatic heterocycles. The van der Waals surface area contributed by atoms with Crippen LogP contribution in [-0.4, -0.2) is 17.7 Å². The Balaban J connectivity index is 0.00000190. The Kier molecular flexibility index (Phi) is 8.22. The van der Waals surface area contributed by atoms with Crippen molar-refractivity contribution >= 4 is 5.71 Å². The van der Waals surface area contributed by atoms with Gasteiger partial charge in [-0.15, -0.1) is 0 Å². The normalized spacial score (nSPS) is 16.4. The summed E-state index contributed by atoms with van der Waals surface area (Å²) in [5.74, 6) is 1.03. The van der Waals surface area contributed by atoms with Crippen LogP contribution in [0.2, 0.25) is 0 Å². The summed E-state index contributed by atoms with van der Waals surface area (Å²) in [5.41, 5.74) is 7.50. The van der Waals surface area contributed by atoms with Crippen molar-refractivity contribution in [1.82, 2.24) is 4.98 Å². The molecule has 1 fully saturated rings. The summed E-state index contributed by atoms with van der Waals surface area (Å²) >= 11 is 0. The predicted molar refractivity (Wildman–Crippen MR) is 122 cm³/mol. The van der Waals surface area contributed by atoms with E-state index in [9.17, 15) is 0 Å². The SMILES string of the molecule is CC.CN=C(C)c1c(C)ccnc1C(C)c1ccc(C2CCCCC2)cc1.[HH].[HH]. The number of aromatic nitrogens is 1. The summed E-state index contributed by atoms with van der Waals surface area (Å²) in [4.78, 5) is 9.12. The molecule has 0 spiro atoms. The molecular formula is C25H40N2. The highest BCUT2D eigenvalue weighted by Crippen LogP contribution is 2.34. The van der Waals surface area contributed by atoms with Crippen LogP contribution < -0.4 is 0 Å². The fourth-order valence-electron chi connectivity index (χ4n) is 4.14. The Morgan fingerprint density at radius 3 is 2.30 bits per heavy atom. The monoisotopic (exact) mass is 368 g/mol. The van der Waals surface area contributed by atoms with Crippen LogP contribution in [0.5, 0.6) is 0 Å². The summed E-state index contributed by atoms with van der Waals surface area (Å²) in [5, 5.41) is 0. The highest BCUT2D eigenvalue weighted by Gasteiger charge is 2.19. The minimum absolute atomic E-state index is 0. The van der Waals surface area contributed by atoms with E-state index in [0.717, 1.165) is 17.3 Å². The maximum absolute atomic E-state index is 4.72. The molecule has 1 unspecified atom stereocenters. The molecule has 0 radical (unpaired) electrons. The fourth-order valence-corrected chi connectivity index (χ4v) is 4.14. The molecule has 0 saturated heterocycles. The number of pyridine rings is 1. The second kappa shape index (κ2) is 10.4. The lowest BCUT2D eigenvalue weighted by atomic mass is 9.83. The third-order valence-electron chi connectivity index (χ3n) is 5.81. The van der Waals surface area contributed by atoms with Crippen molar-refractivity contribution in [3.63, 3.8) is 0 Å². The topological polar surface area (TPSA) is 25.2 Å². The smallest absolute Gasteiger partial charge is 0.0568 e. The molecular weight excluding hydrogens is 328 g/mol. The molecule has 0 amide bonds. The second-order valence-electron chi connectivity index (χ2n) is 7.42. The zero-order valence-electron chi connectivity index (χ0n) is 18.0. The molecule has 0 aliphatic heterocycles. The van der Waals surface area contributed by atoms with Crippen LogP contribution in [0.15, 0.2) is 41.5 Å². The highest BCUT2D eigenvalue weighted by atomic mass is 14.7. The molecule has 1 aliphatic carbocycles. The van der Waals surface area contributed by atoms with Crippen molar-refractivity contribution in [1.29, 1.82) is 0 Å². The Bertz CT molecular complexity index is 748. The maximum Gasteiger partial charge on any atom is 0.0568 e. The number of aryl methyl sites for hydroxylation is 1. The summed E-state index contributed by atoms with van der Waals surface area (Å²) in [7, 11) is 1.86. The van der Waals surface area contributed by atoms with E-state index < -0.39 is 0 Å². The van der Waals surface area contributed by atoms with E-state index in [2.05, 4.69) is 56.1 Å². The number of hydrogen-bond acceptors (Lipinski definition) is 2. The van der Waals surface area contributed by atoms with Gasteiger partial charge in [-0.05, 0) is 55.4 Å². The quantitative estimate of drug-likeness (QED) is 0.511. The average molecular weight is 369 g/mol. The van der Waals surface area contributed by atoms with Gasteiger partial charge in [0.05, 0.1) is 5.69 Å². The minimum atomic E-state index is 0. The molecule has 0 bridgehead atoms. The van der Waals surface area contributed by atoms with Crippen LogP contribution in [0, 0.1) is 6.92 Å². The van der Waals surface area contributed by atoms with Gasteiger partial charge in [0.1, 0.15) is 0 Å². The first kappa shape index (κ1) is 21.3. The third-order valence-corrected chi connectivity index (χ3v) is 5.81. The van der Waals surface area contributed by atoms with Crippen molar-refractivity contribution in [2.24, 2.45) is 4.99 Å². The van der Waals surface area contributed by atoms with Crippen LogP contribution >= 0.6 is 0 Å². The molecule has 1 aliphatic rings. The average Bonchev–Trinajstić information content (AvgIpc) is 2.74. The molecule has 2 aromatic rings. The first-order valence-electron chi connectivity index (χ1n) is 10.6. The zero-order chi connectivity index (χ0) is 19.8. The second-order valence-corrected chi connectivity index (χ2v) is 7.42. The molecule has 27 heavy (non-hydrogen) atoms. The number of aliphatic imine (C=N–C) groups is 1. The van der Waals surface area contributed by atoms with Crippen molar-refractivity contribution in [3.8, 4) is 0 Å². The van der Waals surface area contributed by atoms with Crippen LogP contribution in [0.1, 0.15) is 102 Å². The van der Waals surface area contributed by atoms with E-state index in [1.165, 1.54) is 54.4 Å². The highest BCUT2D eigenvalue weighted by molar-refractivity contribution is 6.01. The van der Waals surface area contributed by atoms with Gasteiger partial charge in [-0.3, -0.25) is 9.98 Å². The van der Waals surface area contributed by atoms with Crippen LogP contribution in [0.25, 0.3) is 0 Å². The molecule has 1 aromatic carbocycles. The van der Waals surface area contributed by atoms with E-state index >= 15 is 0 Å². The van der Waals surface area contributed by atoms with Crippen molar-refractivity contribution in [2.45, 2.75) is 78.6 Å². The van der Waals surface area contributed by atoms with E-state index in [4.69, 9.17) is 4.98 Å². The molecule has 150 valence electrons. The van der Waals surface area contributed by atoms with Gasteiger partial charge >= 0.3 is 0 Å². The maximum atomic E-state index is 4.72. The first-order chi connectivity index (χ1) is 13.1. The third kappa shape index (κ3) is 5.06. The van der Waals surface area contributed by atoms with Gasteiger partial charge in [0.15, 0.2) is 0 Å². The zero-order valence-corrected chi connectivity index (χ0v) is 18.0. The molecule has 0 N–H and O–H groups in total. The molecule has 1 atom stereocenters. The molecule has 2 heteroatoms. The lowest BCUT2D eigenvalue weighted by Gasteiger charge is -2.23. The Hall–Kier alpha value is -1.96. The van der Waals surface area contributed by atoms with Crippen LogP contribution in [0.4, 0.5) is 0 Å². The summed E-state index contributed by atoms with van der Waals surface area (Å²) in [6, 6.07) is 11.4. The van der Waals surface area contributed by atoms with Crippen molar-refractivity contribution < 1.29 is 2.85 Å². The predicted octanol–water partition coefficient (Wildman–Crippen LogP) is 7.55. The van der Waals surface area contributed by atoms with Crippen LogP contribution in [-0.2, 0) is 0 Å². The summed E-state index contributed by atoms with van der Waals surface area (Å²) < 4.78 is 0. The Labute approximate surface area is 169 Å². The van der Waals surface area contributed by atoms with Crippen molar-refractivity contribution in [2.75, 3.05) is 7.05 Å². The Morgan fingerprint density at radius 2 is 1.70 bits per heavy atom.